The molecule has 7 nitrogen and oxygen atoms in total. The van der Waals surface area contributed by atoms with Crippen LogP contribution < -0.4 is 15.0 Å². The van der Waals surface area contributed by atoms with Crippen LogP contribution in [0.1, 0.15) is 42.0 Å². The molecule has 0 bridgehead atoms. The number of anilines is 2. The second-order valence-electron chi connectivity index (χ2n) is 10.9. The van der Waals surface area contributed by atoms with E-state index in [1.54, 1.807) is 25.1 Å². The van der Waals surface area contributed by atoms with E-state index in [4.69, 9.17) is 0 Å². The Kier molecular flexibility index (Phi) is 8.01. The highest BCUT2D eigenvalue weighted by atomic mass is 32.2. The van der Waals surface area contributed by atoms with Crippen molar-refractivity contribution in [1.82, 2.24) is 5.43 Å². The summed E-state index contributed by atoms with van der Waals surface area (Å²) in [6, 6.07) is 25.2. The predicted molar refractivity (Wildman–Crippen MR) is 167 cm³/mol. The van der Waals surface area contributed by atoms with Gasteiger partial charge >= 0.3 is 0 Å². The first-order valence-corrected chi connectivity index (χ1v) is 15.6. The van der Waals surface area contributed by atoms with Crippen LogP contribution in [0.4, 0.5) is 20.2 Å². The average Bonchev–Trinajstić information content (AvgIpc) is 3.54. The minimum Gasteiger partial charge on any atom is -0.378 e. The number of halogens is 2. The van der Waals surface area contributed by atoms with Gasteiger partial charge in [-0.15, -0.1) is 0 Å². The van der Waals surface area contributed by atoms with Gasteiger partial charge in [0.2, 0.25) is 0 Å². The highest BCUT2D eigenvalue weighted by Gasteiger charge is 2.38. The molecule has 0 aromatic heterocycles. The van der Waals surface area contributed by atoms with E-state index >= 15 is 0 Å². The van der Waals surface area contributed by atoms with Gasteiger partial charge in [0.05, 0.1) is 22.3 Å². The number of benzene rings is 4. The predicted octanol–water partition coefficient (Wildman–Crippen LogP) is 6.53. The van der Waals surface area contributed by atoms with Crippen LogP contribution in [0.5, 0.6) is 0 Å². The Morgan fingerprint density at radius 3 is 2.34 bits per heavy atom. The van der Waals surface area contributed by atoms with Crippen LogP contribution in [0.3, 0.4) is 0 Å². The van der Waals surface area contributed by atoms with Gasteiger partial charge in [0.25, 0.3) is 15.9 Å². The maximum Gasteiger partial charge on any atom is 0.264 e. The molecule has 4 aromatic rings. The zero-order chi connectivity index (χ0) is 30.8. The fourth-order valence-corrected chi connectivity index (χ4v) is 7.28. The van der Waals surface area contributed by atoms with Crippen molar-refractivity contribution in [2.45, 2.75) is 30.2 Å². The summed E-state index contributed by atoms with van der Waals surface area (Å²) in [5, 5.41) is 7.91. The first kappa shape index (κ1) is 29.3. The molecular weight excluding hydrogens is 582 g/mol. The van der Waals surface area contributed by atoms with Crippen molar-refractivity contribution in [3.8, 4) is 0 Å². The molecule has 4 aromatic carbocycles. The number of rotatable bonds is 8. The molecule has 2 aliphatic rings. The van der Waals surface area contributed by atoms with Crippen molar-refractivity contribution in [2.24, 2.45) is 11.0 Å². The summed E-state index contributed by atoms with van der Waals surface area (Å²) in [5.74, 6) is -1.02. The second-order valence-corrected chi connectivity index (χ2v) is 12.7. The monoisotopic (exact) mass is 612 g/mol. The van der Waals surface area contributed by atoms with E-state index in [1.165, 1.54) is 36.4 Å². The molecule has 10 heteroatoms. The minimum atomic E-state index is -4.13. The smallest absolute Gasteiger partial charge is 0.264 e. The van der Waals surface area contributed by atoms with E-state index in [2.05, 4.69) is 28.0 Å². The summed E-state index contributed by atoms with van der Waals surface area (Å²) in [6.45, 7) is 1.20. The number of hydrogen-bond acceptors (Lipinski definition) is 5. The van der Waals surface area contributed by atoms with E-state index < -0.39 is 28.3 Å². The molecule has 0 unspecified atom stereocenters. The maximum atomic E-state index is 13.6. The number of sulfonamides is 1. The van der Waals surface area contributed by atoms with Crippen molar-refractivity contribution in [1.29, 1.82) is 0 Å². The molecule has 0 saturated heterocycles. The summed E-state index contributed by atoms with van der Waals surface area (Å²) >= 11 is 0. The Morgan fingerprint density at radius 1 is 0.955 bits per heavy atom. The highest BCUT2D eigenvalue weighted by molar-refractivity contribution is 7.92. The molecule has 1 heterocycles. The molecule has 1 amide bonds. The second kappa shape index (κ2) is 12.0. The van der Waals surface area contributed by atoms with Crippen molar-refractivity contribution in [3.63, 3.8) is 0 Å². The lowest BCUT2D eigenvalue weighted by Crippen LogP contribution is -2.39. The largest absolute Gasteiger partial charge is 0.378 e. The summed E-state index contributed by atoms with van der Waals surface area (Å²) in [6.07, 6.45) is 5.27. The standard InChI is InChI=1S/C34H30F2N4O3S/c1-22(24-12-19-32-31(20-24)29-8-5-9-30(29)34(37-32)23-10-13-25(35)14-11-23)38-39-33(41)21-40(27-17-15-26(36)16-18-27)44(42,43)28-6-3-2-4-7-28/h2-8,10-20,29-30,34,37H,9,21H2,1H3,(H,39,41)/b38-22+/t29-,30+,34+/m1/s1. The summed E-state index contributed by atoms with van der Waals surface area (Å²) in [4.78, 5) is 13.0. The summed E-state index contributed by atoms with van der Waals surface area (Å²) < 4.78 is 55.0. The number of fused-ring (bicyclic) bond motifs is 3. The number of nitrogens with zero attached hydrogens (tertiary/aromatic N) is 2. The van der Waals surface area contributed by atoms with Crippen molar-refractivity contribution in [2.75, 3.05) is 16.2 Å². The number of carbonyl (C=O) groups excluding carboxylic acids is 1. The van der Waals surface area contributed by atoms with E-state index in [0.29, 0.717) is 5.71 Å². The Balaban J connectivity index is 1.21. The van der Waals surface area contributed by atoms with Gasteiger partial charge in [-0.25, -0.2) is 22.6 Å². The summed E-state index contributed by atoms with van der Waals surface area (Å²) in [5.41, 5.74) is 7.09. The van der Waals surface area contributed by atoms with E-state index in [9.17, 15) is 22.0 Å². The fraction of sp³-hybridized carbons (Fsp3) is 0.176. The Hall–Kier alpha value is -4.83. The van der Waals surface area contributed by atoms with Crippen LogP contribution in [-0.2, 0) is 14.8 Å². The number of carbonyl (C=O) groups is 1. The van der Waals surface area contributed by atoms with Crippen molar-refractivity contribution < 1.29 is 22.0 Å². The third-order valence-electron chi connectivity index (χ3n) is 8.09. The van der Waals surface area contributed by atoms with E-state index in [1.807, 2.05) is 30.3 Å². The van der Waals surface area contributed by atoms with Crippen LogP contribution in [0.15, 0.2) is 119 Å². The molecule has 2 N–H and O–H groups in total. The number of hydrogen-bond donors (Lipinski definition) is 2. The molecule has 3 atom stereocenters. The number of nitrogens with one attached hydrogen (secondary N) is 2. The Morgan fingerprint density at radius 2 is 1.64 bits per heavy atom. The molecule has 6 rings (SSSR count). The molecule has 0 radical (unpaired) electrons. The number of amides is 1. The van der Waals surface area contributed by atoms with Crippen LogP contribution in [0.2, 0.25) is 0 Å². The number of allylic oxidation sites excluding steroid dienone is 2. The molecule has 1 aliphatic carbocycles. The zero-order valence-electron chi connectivity index (χ0n) is 23.8. The lowest BCUT2D eigenvalue weighted by Gasteiger charge is -2.37. The number of hydrazone groups is 1. The highest BCUT2D eigenvalue weighted by Crippen LogP contribution is 2.50. The quantitative estimate of drug-likeness (QED) is 0.135. The van der Waals surface area contributed by atoms with Gasteiger partial charge in [-0.1, -0.05) is 48.6 Å². The third-order valence-corrected chi connectivity index (χ3v) is 9.88. The van der Waals surface area contributed by atoms with Crippen LogP contribution in [0, 0.1) is 17.6 Å². The van der Waals surface area contributed by atoms with Crippen molar-refractivity contribution >= 4 is 33.0 Å². The SMILES string of the molecule is C/C(=N\NC(=O)CN(c1ccc(F)cc1)S(=O)(=O)c1ccccc1)c1ccc2c(c1)[C@@H]1C=CC[C@@H]1[C@H](c1ccc(F)cc1)N2. The van der Waals surface area contributed by atoms with Crippen LogP contribution in [0.25, 0.3) is 0 Å². The molecule has 0 spiro atoms. The zero-order valence-corrected chi connectivity index (χ0v) is 24.6. The molecular formula is C34H30F2N4O3S. The first-order chi connectivity index (χ1) is 21.2. The van der Waals surface area contributed by atoms with E-state index in [-0.39, 0.29) is 34.3 Å². The lowest BCUT2D eigenvalue weighted by atomic mass is 9.76. The van der Waals surface area contributed by atoms with E-state index in [0.717, 1.165) is 45.2 Å². The molecule has 0 fully saturated rings. The van der Waals surface area contributed by atoms with Gasteiger partial charge in [-0.2, -0.15) is 5.10 Å². The molecule has 1 aliphatic heterocycles. The van der Waals surface area contributed by atoms with Crippen LogP contribution in [-0.4, -0.2) is 26.6 Å². The van der Waals surface area contributed by atoms with Gasteiger partial charge in [0.1, 0.15) is 18.2 Å². The topological polar surface area (TPSA) is 90.9 Å². The van der Waals surface area contributed by atoms with Crippen LogP contribution >= 0.6 is 0 Å². The summed E-state index contributed by atoms with van der Waals surface area (Å²) in [7, 11) is -4.13. The molecule has 44 heavy (non-hydrogen) atoms. The van der Waals surface area contributed by atoms with Crippen molar-refractivity contribution in [3.05, 3.63) is 138 Å². The third kappa shape index (κ3) is 5.85. The lowest BCUT2D eigenvalue weighted by molar-refractivity contribution is -0.119. The van der Waals surface area contributed by atoms with Gasteiger partial charge < -0.3 is 5.32 Å². The van der Waals surface area contributed by atoms with Gasteiger partial charge in [0, 0.05) is 11.6 Å². The van der Waals surface area contributed by atoms with Gasteiger partial charge in [-0.05, 0) is 96.6 Å². The fourth-order valence-electron chi connectivity index (χ4n) is 5.84. The average molecular weight is 613 g/mol. The van der Waals surface area contributed by atoms with Gasteiger partial charge in [-0.3, -0.25) is 9.10 Å². The normalized spacial score (nSPS) is 19.1. The Bertz CT molecular complexity index is 1840. The maximum absolute atomic E-state index is 13.6. The Labute approximate surface area is 255 Å². The molecule has 0 saturated carbocycles. The van der Waals surface area contributed by atoms with Gasteiger partial charge in [0.15, 0.2) is 0 Å². The molecule has 224 valence electrons. The first-order valence-electron chi connectivity index (χ1n) is 14.2. The minimum absolute atomic E-state index is 0.000379.